The predicted octanol–water partition coefficient (Wildman–Crippen LogP) is 1.22. The fourth-order valence-electron chi connectivity index (χ4n) is 1.35. The number of hydrogen-bond donors (Lipinski definition) is 2. The van der Waals surface area contributed by atoms with Crippen molar-refractivity contribution in [2.75, 3.05) is 18.9 Å². The normalized spacial score (nSPS) is 14.3. The molecule has 7 heteroatoms. The van der Waals surface area contributed by atoms with Crippen molar-refractivity contribution in [1.29, 1.82) is 0 Å². The molecule has 0 aliphatic rings. The summed E-state index contributed by atoms with van der Waals surface area (Å²) in [4.78, 5) is 10.6. The van der Waals surface area contributed by atoms with Crippen LogP contribution in [0, 0.1) is 5.41 Å². The second-order valence-corrected chi connectivity index (χ2v) is 7.58. The summed E-state index contributed by atoms with van der Waals surface area (Å²) in [6.45, 7) is 7.99. The fourth-order valence-corrected chi connectivity index (χ4v) is 2.82. The number of carboxylic acid groups (broad SMARTS) is 1. The van der Waals surface area contributed by atoms with Crippen LogP contribution in [0.25, 0.3) is 0 Å². The van der Waals surface area contributed by atoms with Gasteiger partial charge in [-0.25, -0.2) is 13.1 Å². The molecule has 0 bridgehead atoms. The number of hydrogen-bond acceptors (Lipinski definition) is 4. The van der Waals surface area contributed by atoms with E-state index in [9.17, 15) is 13.2 Å². The zero-order chi connectivity index (χ0) is 15.1. The number of ether oxygens (including phenoxy) is 1. The van der Waals surface area contributed by atoms with Crippen LogP contribution in [0.3, 0.4) is 0 Å². The maximum Gasteiger partial charge on any atom is 0.306 e. The minimum atomic E-state index is -3.39. The first-order valence-corrected chi connectivity index (χ1v) is 8.01. The van der Waals surface area contributed by atoms with Crippen LogP contribution in [0.15, 0.2) is 0 Å². The Morgan fingerprint density at radius 3 is 2.37 bits per heavy atom. The number of nitrogens with one attached hydrogen (secondary N) is 1. The van der Waals surface area contributed by atoms with E-state index < -0.39 is 22.1 Å². The van der Waals surface area contributed by atoms with Crippen LogP contribution in [0.5, 0.6) is 0 Å². The second kappa shape index (κ2) is 7.81. The van der Waals surface area contributed by atoms with Crippen LogP contribution < -0.4 is 4.72 Å². The van der Waals surface area contributed by atoms with Crippen LogP contribution >= 0.6 is 0 Å². The average Bonchev–Trinajstić information content (AvgIpc) is 2.22. The molecule has 0 aromatic heterocycles. The van der Waals surface area contributed by atoms with Gasteiger partial charge in [-0.1, -0.05) is 20.8 Å². The van der Waals surface area contributed by atoms with Crippen LogP contribution in [-0.4, -0.2) is 44.5 Å². The van der Waals surface area contributed by atoms with Gasteiger partial charge < -0.3 is 9.84 Å². The van der Waals surface area contributed by atoms with Gasteiger partial charge in [0.1, 0.15) is 0 Å². The molecule has 0 amide bonds. The Morgan fingerprint density at radius 1 is 1.37 bits per heavy atom. The molecule has 0 radical (unpaired) electrons. The number of rotatable bonds is 9. The molecule has 0 heterocycles. The quantitative estimate of drug-likeness (QED) is 0.667. The predicted molar refractivity (Wildman–Crippen MR) is 73.5 cm³/mol. The Bertz CT molecular complexity index is 372. The zero-order valence-electron chi connectivity index (χ0n) is 12.1. The van der Waals surface area contributed by atoms with Gasteiger partial charge in [0.2, 0.25) is 10.0 Å². The van der Waals surface area contributed by atoms with E-state index >= 15 is 0 Å². The van der Waals surface area contributed by atoms with E-state index in [1.54, 1.807) is 6.92 Å². The molecule has 0 fully saturated rings. The van der Waals surface area contributed by atoms with E-state index in [1.165, 1.54) is 0 Å². The Balaban J connectivity index is 4.29. The third kappa shape index (κ3) is 10.9. The van der Waals surface area contributed by atoms with Gasteiger partial charge in [0, 0.05) is 13.2 Å². The second-order valence-electron chi connectivity index (χ2n) is 5.65. The first-order valence-electron chi connectivity index (χ1n) is 6.36. The Morgan fingerprint density at radius 2 is 1.95 bits per heavy atom. The SMILES string of the molecule is CCOC(CNS(=O)(=O)CCC(C)(C)C)CC(=O)O. The Kier molecular flexibility index (Phi) is 7.54. The van der Waals surface area contributed by atoms with Crippen LogP contribution in [0.1, 0.15) is 40.5 Å². The van der Waals surface area contributed by atoms with E-state index in [4.69, 9.17) is 9.84 Å². The van der Waals surface area contributed by atoms with Crippen molar-refractivity contribution >= 4 is 16.0 Å². The van der Waals surface area contributed by atoms with Crippen LogP contribution in [0.4, 0.5) is 0 Å². The maximum atomic E-state index is 11.8. The molecule has 1 unspecified atom stereocenters. The molecule has 6 nitrogen and oxygen atoms in total. The molecule has 0 rings (SSSR count). The topological polar surface area (TPSA) is 92.7 Å². The monoisotopic (exact) mass is 295 g/mol. The summed E-state index contributed by atoms with van der Waals surface area (Å²) in [5, 5.41) is 8.69. The minimum Gasteiger partial charge on any atom is -0.481 e. The number of aliphatic carboxylic acids is 1. The molecule has 0 aromatic carbocycles. The largest absolute Gasteiger partial charge is 0.481 e. The third-order valence-electron chi connectivity index (χ3n) is 2.46. The molecule has 0 aliphatic heterocycles. The molecule has 1 atom stereocenters. The number of carboxylic acids is 1. The van der Waals surface area contributed by atoms with Crippen molar-refractivity contribution in [3.05, 3.63) is 0 Å². The van der Waals surface area contributed by atoms with Gasteiger partial charge in [-0.2, -0.15) is 0 Å². The molecule has 0 saturated carbocycles. The van der Waals surface area contributed by atoms with Crippen molar-refractivity contribution in [3.8, 4) is 0 Å². The molecular formula is C12H25NO5S. The van der Waals surface area contributed by atoms with Crippen LogP contribution in [0.2, 0.25) is 0 Å². The highest BCUT2D eigenvalue weighted by atomic mass is 32.2. The molecule has 2 N–H and O–H groups in total. The van der Waals surface area contributed by atoms with Crippen molar-refractivity contribution in [3.63, 3.8) is 0 Å². The summed E-state index contributed by atoms with van der Waals surface area (Å²) >= 11 is 0. The highest BCUT2D eigenvalue weighted by Gasteiger charge is 2.20. The first kappa shape index (κ1) is 18.3. The Labute approximate surface area is 115 Å². The highest BCUT2D eigenvalue weighted by Crippen LogP contribution is 2.18. The third-order valence-corrected chi connectivity index (χ3v) is 3.80. The Hall–Kier alpha value is -0.660. The molecule has 0 aliphatic carbocycles. The molecule has 0 aromatic rings. The van der Waals surface area contributed by atoms with Gasteiger partial charge in [-0.05, 0) is 18.8 Å². The summed E-state index contributed by atoms with van der Waals surface area (Å²) in [6, 6.07) is 0. The highest BCUT2D eigenvalue weighted by molar-refractivity contribution is 7.89. The van der Waals surface area contributed by atoms with Crippen molar-refractivity contribution < 1.29 is 23.1 Å². The molecular weight excluding hydrogens is 270 g/mol. The standard InChI is InChI=1S/C12H25NO5S/c1-5-18-10(8-11(14)15)9-13-19(16,17)7-6-12(2,3)4/h10,13H,5-9H2,1-4H3,(H,14,15). The van der Waals surface area contributed by atoms with E-state index in [0.717, 1.165) is 0 Å². The van der Waals surface area contributed by atoms with Crippen molar-refractivity contribution in [2.24, 2.45) is 5.41 Å². The number of sulfonamides is 1. The molecule has 114 valence electrons. The molecule has 0 spiro atoms. The van der Waals surface area contributed by atoms with E-state index in [-0.39, 0.29) is 24.1 Å². The van der Waals surface area contributed by atoms with Gasteiger partial charge in [-0.15, -0.1) is 0 Å². The lowest BCUT2D eigenvalue weighted by atomic mass is 9.94. The smallest absolute Gasteiger partial charge is 0.306 e. The van der Waals surface area contributed by atoms with Gasteiger partial charge in [0.25, 0.3) is 0 Å². The summed E-state index contributed by atoms with van der Waals surface area (Å²) in [5.74, 6) is -0.977. The summed E-state index contributed by atoms with van der Waals surface area (Å²) < 4.78 is 31.1. The van der Waals surface area contributed by atoms with E-state index in [1.807, 2.05) is 20.8 Å². The average molecular weight is 295 g/mol. The van der Waals surface area contributed by atoms with E-state index in [2.05, 4.69) is 4.72 Å². The van der Waals surface area contributed by atoms with Gasteiger partial charge in [0.05, 0.1) is 18.3 Å². The summed E-state index contributed by atoms with van der Waals surface area (Å²) in [5.41, 5.74) is -0.0604. The first-order chi connectivity index (χ1) is 8.56. The fraction of sp³-hybridized carbons (Fsp3) is 0.917. The lowest BCUT2D eigenvalue weighted by molar-refractivity contribution is -0.140. The zero-order valence-corrected chi connectivity index (χ0v) is 12.9. The van der Waals surface area contributed by atoms with Gasteiger partial charge in [-0.3, -0.25) is 4.79 Å². The lowest BCUT2D eigenvalue weighted by Gasteiger charge is -2.19. The maximum absolute atomic E-state index is 11.8. The van der Waals surface area contributed by atoms with Crippen molar-refractivity contribution in [2.45, 2.75) is 46.6 Å². The number of carbonyl (C=O) groups is 1. The summed E-state index contributed by atoms with van der Waals surface area (Å²) in [6.07, 6.45) is -0.303. The van der Waals surface area contributed by atoms with E-state index in [0.29, 0.717) is 13.0 Å². The van der Waals surface area contributed by atoms with Gasteiger partial charge in [0.15, 0.2) is 0 Å². The molecule has 19 heavy (non-hydrogen) atoms. The molecule has 0 saturated heterocycles. The van der Waals surface area contributed by atoms with Crippen molar-refractivity contribution in [1.82, 2.24) is 4.72 Å². The lowest BCUT2D eigenvalue weighted by Crippen LogP contribution is -2.36. The van der Waals surface area contributed by atoms with Crippen LogP contribution in [-0.2, 0) is 19.6 Å². The minimum absolute atomic E-state index is 0.00733. The van der Waals surface area contributed by atoms with Gasteiger partial charge >= 0.3 is 5.97 Å². The summed E-state index contributed by atoms with van der Waals surface area (Å²) in [7, 11) is -3.39.